The summed E-state index contributed by atoms with van der Waals surface area (Å²) < 4.78 is 67.4. The van der Waals surface area contributed by atoms with Gasteiger partial charge in [-0.05, 0) is 6.07 Å². The lowest BCUT2D eigenvalue weighted by molar-refractivity contribution is -0.141. The molecule has 9 heteroatoms. The van der Waals surface area contributed by atoms with Crippen molar-refractivity contribution < 1.29 is 31.5 Å². The Morgan fingerprint density at radius 1 is 1.50 bits per heavy atom. The Balaban J connectivity index is 3.50. The quantitative estimate of drug-likeness (QED) is 0.635. The van der Waals surface area contributed by atoms with E-state index in [0.717, 1.165) is 7.11 Å². The molecule has 108 valence electrons. The summed E-state index contributed by atoms with van der Waals surface area (Å²) >= 11 is 0. The molecule has 0 N–H and O–H groups in total. The first-order valence-corrected chi connectivity index (χ1v) is 5.06. The number of carbonyl (C=O) groups is 1. The highest BCUT2D eigenvalue weighted by molar-refractivity contribution is 5.73. The maximum atomic E-state index is 12.8. The summed E-state index contributed by atoms with van der Waals surface area (Å²) in [5.74, 6) is -0.968. The Morgan fingerprint density at radius 3 is 2.50 bits per heavy atom. The van der Waals surface area contributed by atoms with E-state index in [9.17, 15) is 26.7 Å². The fraction of sp³-hybridized carbons (Fsp3) is 0.364. The average Bonchev–Trinajstić information content (AvgIpc) is 2.36. The number of nitrogens with zero attached hydrogens (tertiary/aromatic N) is 2. The fourth-order valence-corrected chi connectivity index (χ4v) is 1.43. The van der Waals surface area contributed by atoms with E-state index in [0.29, 0.717) is 0 Å². The molecule has 1 aromatic heterocycles. The summed E-state index contributed by atoms with van der Waals surface area (Å²) in [5, 5.41) is 8.72. The molecular weight excluding hydrogens is 287 g/mol. The monoisotopic (exact) mass is 294 g/mol. The van der Waals surface area contributed by atoms with Crippen molar-refractivity contribution in [2.45, 2.75) is 19.0 Å². The van der Waals surface area contributed by atoms with Crippen molar-refractivity contribution in [3.63, 3.8) is 0 Å². The molecule has 0 aromatic carbocycles. The Bertz CT molecular complexity index is 563. The number of aromatic nitrogens is 1. The number of alkyl halides is 5. The maximum Gasteiger partial charge on any atom is 0.433 e. The van der Waals surface area contributed by atoms with Crippen molar-refractivity contribution >= 4 is 5.97 Å². The van der Waals surface area contributed by atoms with Crippen LogP contribution in [0.2, 0.25) is 0 Å². The first-order valence-electron chi connectivity index (χ1n) is 5.06. The molecule has 4 nitrogen and oxygen atoms in total. The van der Waals surface area contributed by atoms with Crippen molar-refractivity contribution in [1.29, 1.82) is 5.26 Å². The Labute approximate surface area is 109 Å². The molecule has 1 aromatic rings. The van der Waals surface area contributed by atoms with Crippen LogP contribution in [0.15, 0.2) is 6.07 Å². The average molecular weight is 294 g/mol. The molecule has 1 rings (SSSR count). The minimum Gasteiger partial charge on any atom is -0.469 e. The van der Waals surface area contributed by atoms with Gasteiger partial charge in [0.15, 0.2) is 0 Å². The molecule has 0 saturated heterocycles. The zero-order chi connectivity index (χ0) is 15.5. The van der Waals surface area contributed by atoms with Gasteiger partial charge in [-0.15, -0.1) is 0 Å². The van der Waals surface area contributed by atoms with Crippen LogP contribution < -0.4 is 0 Å². The van der Waals surface area contributed by atoms with E-state index in [1.54, 1.807) is 0 Å². The molecule has 0 aliphatic heterocycles. The summed E-state index contributed by atoms with van der Waals surface area (Å²) in [6, 6.07) is 1.41. The Hall–Kier alpha value is -2.24. The number of ether oxygens (including phenoxy) is 1. The molecule has 1 heterocycles. The van der Waals surface area contributed by atoms with Crippen LogP contribution in [-0.4, -0.2) is 18.1 Å². The first-order chi connectivity index (χ1) is 9.20. The largest absolute Gasteiger partial charge is 0.469 e. The van der Waals surface area contributed by atoms with Gasteiger partial charge in [0.2, 0.25) is 0 Å². The third-order valence-electron chi connectivity index (χ3n) is 2.34. The van der Waals surface area contributed by atoms with E-state index >= 15 is 0 Å². The number of hydrogen-bond acceptors (Lipinski definition) is 4. The molecule has 0 amide bonds. The number of rotatable bonds is 3. The Kier molecular flexibility index (Phi) is 4.60. The van der Waals surface area contributed by atoms with E-state index in [2.05, 4.69) is 9.72 Å². The molecule has 0 fully saturated rings. The van der Waals surface area contributed by atoms with Gasteiger partial charge in [-0.2, -0.15) is 18.4 Å². The number of halogens is 5. The van der Waals surface area contributed by atoms with E-state index in [1.807, 2.05) is 0 Å². The molecule has 0 saturated carbocycles. The van der Waals surface area contributed by atoms with E-state index in [1.165, 1.54) is 6.07 Å². The van der Waals surface area contributed by atoms with Gasteiger partial charge in [-0.1, -0.05) is 0 Å². The molecule has 0 atom stereocenters. The second-order valence-electron chi connectivity index (χ2n) is 3.59. The van der Waals surface area contributed by atoms with Crippen LogP contribution in [0.4, 0.5) is 22.0 Å². The Morgan fingerprint density at radius 2 is 2.10 bits per heavy atom. The van der Waals surface area contributed by atoms with E-state index < -0.39 is 47.5 Å². The molecule has 0 aliphatic rings. The van der Waals surface area contributed by atoms with E-state index in [4.69, 9.17) is 5.26 Å². The van der Waals surface area contributed by atoms with Gasteiger partial charge in [-0.25, -0.2) is 13.8 Å². The first kappa shape index (κ1) is 15.8. The summed E-state index contributed by atoms with van der Waals surface area (Å²) in [6.07, 6.45) is -9.02. The number of pyridine rings is 1. The standard InChI is InChI=1S/C11H7F5N2O2/c1-20-9(19)3-5-6(10(12)13)2-8(11(14,15)16)18-7(5)4-17/h2,10H,3H2,1H3. The number of hydrogen-bond donors (Lipinski definition) is 0. The van der Waals surface area contributed by atoms with Gasteiger partial charge in [0, 0.05) is 11.1 Å². The molecule has 0 bridgehead atoms. The zero-order valence-corrected chi connectivity index (χ0v) is 9.96. The number of nitriles is 1. The molecule has 20 heavy (non-hydrogen) atoms. The molecule has 0 unspecified atom stereocenters. The second-order valence-corrected chi connectivity index (χ2v) is 3.59. The van der Waals surface area contributed by atoms with Gasteiger partial charge in [0.25, 0.3) is 6.43 Å². The van der Waals surface area contributed by atoms with Gasteiger partial charge < -0.3 is 4.74 Å². The summed E-state index contributed by atoms with van der Waals surface area (Å²) in [5.41, 5.74) is -4.12. The summed E-state index contributed by atoms with van der Waals surface area (Å²) in [4.78, 5) is 14.0. The number of carbonyl (C=O) groups excluding carboxylic acids is 1. The minimum atomic E-state index is -4.97. The van der Waals surface area contributed by atoms with Gasteiger partial charge >= 0.3 is 12.1 Å². The highest BCUT2D eigenvalue weighted by Gasteiger charge is 2.35. The lowest BCUT2D eigenvalue weighted by Gasteiger charge is -2.13. The van der Waals surface area contributed by atoms with Gasteiger partial charge in [-0.3, -0.25) is 4.79 Å². The maximum absolute atomic E-state index is 12.8. The topological polar surface area (TPSA) is 63.0 Å². The highest BCUT2D eigenvalue weighted by Crippen LogP contribution is 2.33. The molecular formula is C11H7F5N2O2. The van der Waals surface area contributed by atoms with Gasteiger partial charge in [0.1, 0.15) is 17.5 Å². The van der Waals surface area contributed by atoms with Crippen molar-refractivity contribution in [2.75, 3.05) is 7.11 Å². The van der Waals surface area contributed by atoms with Crippen molar-refractivity contribution in [3.05, 3.63) is 28.6 Å². The number of esters is 1. The van der Waals surface area contributed by atoms with E-state index in [-0.39, 0.29) is 6.07 Å². The molecule has 0 spiro atoms. The summed E-state index contributed by atoms with van der Waals surface area (Å²) in [6.45, 7) is 0. The smallest absolute Gasteiger partial charge is 0.433 e. The third-order valence-corrected chi connectivity index (χ3v) is 2.34. The lowest BCUT2D eigenvalue weighted by Crippen LogP contribution is -2.15. The van der Waals surface area contributed by atoms with Gasteiger partial charge in [0.05, 0.1) is 13.5 Å². The van der Waals surface area contributed by atoms with Crippen LogP contribution in [0, 0.1) is 11.3 Å². The normalized spacial score (nSPS) is 11.3. The van der Waals surface area contributed by atoms with Crippen LogP contribution in [0.3, 0.4) is 0 Å². The van der Waals surface area contributed by atoms with Crippen LogP contribution in [-0.2, 0) is 22.1 Å². The SMILES string of the molecule is COC(=O)Cc1c(C(F)F)cc(C(F)(F)F)nc1C#N. The van der Waals surface area contributed by atoms with Crippen LogP contribution in [0.1, 0.15) is 28.9 Å². The molecule has 0 aliphatic carbocycles. The van der Waals surface area contributed by atoms with Crippen molar-refractivity contribution in [2.24, 2.45) is 0 Å². The fourth-order valence-electron chi connectivity index (χ4n) is 1.43. The van der Waals surface area contributed by atoms with Crippen molar-refractivity contribution in [1.82, 2.24) is 4.98 Å². The van der Waals surface area contributed by atoms with Crippen LogP contribution in [0.25, 0.3) is 0 Å². The third kappa shape index (κ3) is 3.40. The van der Waals surface area contributed by atoms with Crippen LogP contribution in [0.5, 0.6) is 0 Å². The highest BCUT2D eigenvalue weighted by atomic mass is 19.4. The van der Waals surface area contributed by atoms with Crippen molar-refractivity contribution in [3.8, 4) is 6.07 Å². The minimum absolute atomic E-state index is 0.129. The molecule has 0 radical (unpaired) electrons. The second kappa shape index (κ2) is 5.81. The zero-order valence-electron chi connectivity index (χ0n) is 9.96. The lowest BCUT2D eigenvalue weighted by atomic mass is 10.0. The number of methoxy groups -OCH3 is 1. The predicted octanol–water partition coefficient (Wildman–Crippen LogP) is 2.63. The predicted molar refractivity (Wildman–Crippen MR) is 54.6 cm³/mol. The van der Waals surface area contributed by atoms with Crippen LogP contribution >= 0.6 is 0 Å². The summed E-state index contributed by atoms with van der Waals surface area (Å²) in [7, 11) is 0.980.